The lowest BCUT2D eigenvalue weighted by molar-refractivity contribution is -0.136. The van der Waals surface area contributed by atoms with Crippen LogP contribution in [0, 0.1) is 0 Å². The van der Waals surface area contributed by atoms with Gasteiger partial charge in [0.05, 0.1) is 7.11 Å². The minimum absolute atomic E-state index is 0.0915. The Balaban J connectivity index is 3.04. The third-order valence-corrected chi connectivity index (χ3v) is 1.56. The van der Waals surface area contributed by atoms with Crippen molar-refractivity contribution in [3.63, 3.8) is 0 Å². The molecule has 1 heterocycles. The van der Waals surface area contributed by atoms with Gasteiger partial charge in [0.1, 0.15) is 5.70 Å². The van der Waals surface area contributed by atoms with Gasteiger partial charge in [-0.25, -0.2) is 4.79 Å². The van der Waals surface area contributed by atoms with Gasteiger partial charge in [-0.2, -0.15) is 0 Å². The summed E-state index contributed by atoms with van der Waals surface area (Å²) in [4.78, 5) is 17.5. The highest BCUT2D eigenvalue weighted by Gasteiger charge is 2.06. The van der Waals surface area contributed by atoms with Crippen molar-refractivity contribution in [3.05, 3.63) is 46.2 Å². The molecule has 0 aromatic carbocycles. The number of pyridine rings is 1. The van der Waals surface area contributed by atoms with Crippen molar-refractivity contribution in [3.8, 4) is 0 Å². The molecule has 0 atom stereocenters. The number of hydrogen-bond donors (Lipinski definition) is 0. The molecular weight excluding hydrogens is 196 g/mol. The van der Waals surface area contributed by atoms with Crippen LogP contribution in [-0.4, -0.2) is 18.1 Å². The molecule has 6 nitrogen and oxygen atoms in total. The lowest BCUT2D eigenvalue weighted by atomic mass is 10.2. The summed E-state index contributed by atoms with van der Waals surface area (Å²) in [7, 11) is 1.22. The highest BCUT2D eigenvalue weighted by molar-refractivity contribution is 5.93. The van der Waals surface area contributed by atoms with Crippen LogP contribution in [-0.2, 0) is 9.53 Å². The largest absolute Gasteiger partial charge is 0.466 e. The molecule has 0 aliphatic heterocycles. The lowest BCUT2D eigenvalue weighted by Crippen LogP contribution is -2.01. The Bertz CT molecular complexity index is 421. The number of carbonyl (C=O) groups is 1. The fourth-order valence-corrected chi connectivity index (χ4v) is 0.899. The molecule has 0 aliphatic rings. The average molecular weight is 204 g/mol. The van der Waals surface area contributed by atoms with Crippen LogP contribution < -0.4 is 0 Å². The topological polar surface area (TPSA) is 88.0 Å². The molecule has 0 aliphatic carbocycles. The fourth-order valence-electron chi connectivity index (χ4n) is 0.899. The van der Waals surface area contributed by atoms with Crippen LogP contribution in [0.4, 0.5) is 0 Å². The summed E-state index contributed by atoms with van der Waals surface area (Å²) < 4.78 is 4.45. The molecule has 0 N–H and O–H groups in total. The highest BCUT2D eigenvalue weighted by Crippen LogP contribution is 2.08. The van der Waals surface area contributed by atoms with Crippen LogP contribution in [0.5, 0.6) is 0 Å². The number of nitrogens with zero attached hydrogens (tertiary/aromatic N) is 4. The number of rotatable bonds is 3. The smallest absolute Gasteiger partial charge is 0.340 e. The van der Waals surface area contributed by atoms with E-state index in [2.05, 4.69) is 19.7 Å². The fraction of sp³-hybridized carbons (Fsp3) is 0.111. The number of hydrogen-bond acceptors (Lipinski definition) is 4. The Morgan fingerprint density at radius 1 is 1.60 bits per heavy atom. The zero-order chi connectivity index (χ0) is 11.1. The van der Waals surface area contributed by atoms with E-state index in [9.17, 15) is 4.79 Å². The van der Waals surface area contributed by atoms with E-state index in [0.717, 1.165) is 0 Å². The maximum atomic E-state index is 11.1. The number of esters is 1. The van der Waals surface area contributed by atoms with Crippen molar-refractivity contribution in [1.82, 2.24) is 4.98 Å². The molecule has 76 valence electrons. The Morgan fingerprint density at radius 2 is 2.27 bits per heavy atom. The first kappa shape index (κ1) is 10.7. The summed E-state index contributed by atoms with van der Waals surface area (Å²) in [5.41, 5.74) is 8.87. The summed E-state index contributed by atoms with van der Waals surface area (Å²) in [5, 5.41) is 3.24. The number of aromatic nitrogens is 1. The predicted molar refractivity (Wildman–Crippen MR) is 53.4 cm³/mol. The highest BCUT2D eigenvalue weighted by atomic mass is 16.5. The maximum Gasteiger partial charge on any atom is 0.340 e. The Hall–Kier alpha value is -2.33. The van der Waals surface area contributed by atoms with E-state index in [1.54, 1.807) is 24.5 Å². The second-order valence-electron chi connectivity index (χ2n) is 2.49. The van der Waals surface area contributed by atoms with Crippen LogP contribution in [0.2, 0.25) is 0 Å². The van der Waals surface area contributed by atoms with E-state index in [4.69, 9.17) is 5.53 Å². The van der Waals surface area contributed by atoms with E-state index in [1.165, 1.54) is 13.2 Å². The maximum absolute atomic E-state index is 11.1. The molecule has 0 fully saturated rings. The quantitative estimate of drug-likeness (QED) is 0.247. The summed E-state index contributed by atoms with van der Waals surface area (Å²) in [6.45, 7) is 0. The van der Waals surface area contributed by atoms with Gasteiger partial charge in [0, 0.05) is 17.3 Å². The van der Waals surface area contributed by atoms with Gasteiger partial charge in [0.25, 0.3) is 0 Å². The zero-order valence-electron chi connectivity index (χ0n) is 7.99. The SMILES string of the molecule is COC(=O)/C(=C/c1ccncc1)N=[N+]=[N-]. The second-order valence-corrected chi connectivity index (χ2v) is 2.49. The van der Waals surface area contributed by atoms with Crippen molar-refractivity contribution < 1.29 is 9.53 Å². The van der Waals surface area contributed by atoms with Crippen LogP contribution >= 0.6 is 0 Å². The molecule has 0 unspecified atom stereocenters. The van der Waals surface area contributed by atoms with Crippen molar-refractivity contribution in [2.45, 2.75) is 0 Å². The van der Waals surface area contributed by atoms with Gasteiger partial charge in [0.15, 0.2) is 0 Å². The summed E-state index contributed by atoms with van der Waals surface area (Å²) >= 11 is 0. The van der Waals surface area contributed by atoms with Gasteiger partial charge in [-0.1, -0.05) is 5.11 Å². The third-order valence-electron chi connectivity index (χ3n) is 1.56. The number of carbonyl (C=O) groups excluding carboxylic acids is 1. The van der Waals surface area contributed by atoms with Crippen LogP contribution in [0.25, 0.3) is 16.5 Å². The number of ether oxygens (including phenoxy) is 1. The molecule has 0 saturated heterocycles. The molecule has 0 radical (unpaired) electrons. The first-order chi connectivity index (χ1) is 7.27. The minimum Gasteiger partial charge on any atom is -0.466 e. The molecule has 1 aromatic rings. The molecule has 0 amide bonds. The normalized spacial score (nSPS) is 10.3. The van der Waals surface area contributed by atoms with E-state index >= 15 is 0 Å². The minimum atomic E-state index is -0.676. The summed E-state index contributed by atoms with van der Waals surface area (Å²) in [6, 6.07) is 3.35. The average Bonchev–Trinajstić information content (AvgIpc) is 2.29. The molecule has 1 aromatic heterocycles. The summed E-state index contributed by atoms with van der Waals surface area (Å²) in [5.74, 6) is -0.676. The van der Waals surface area contributed by atoms with E-state index in [1.807, 2.05) is 0 Å². The molecule has 0 bridgehead atoms. The van der Waals surface area contributed by atoms with Crippen LogP contribution in [0.1, 0.15) is 5.56 Å². The Morgan fingerprint density at radius 3 is 2.80 bits per heavy atom. The monoisotopic (exact) mass is 204 g/mol. The standard InChI is InChI=1S/C9H8N4O2/c1-15-9(14)8(12-13-10)6-7-2-4-11-5-3-7/h2-6H,1H3/b8-6-. The molecule has 6 heteroatoms. The van der Waals surface area contributed by atoms with Crippen LogP contribution in [0.15, 0.2) is 35.3 Å². The van der Waals surface area contributed by atoms with Gasteiger partial charge in [-0.05, 0) is 29.3 Å². The summed E-state index contributed by atoms with van der Waals surface area (Å²) in [6.07, 6.45) is 4.56. The lowest BCUT2D eigenvalue weighted by Gasteiger charge is -1.97. The zero-order valence-corrected chi connectivity index (χ0v) is 7.99. The number of azide groups is 1. The Kier molecular flexibility index (Phi) is 3.88. The van der Waals surface area contributed by atoms with Crippen molar-refractivity contribution in [1.29, 1.82) is 0 Å². The van der Waals surface area contributed by atoms with Gasteiger partial charge >= 0.3 is 5.97 Å². The van der Waals surface area contributed by atoms with Gasteiger partial charge in [0.2, 0.25) is 0 Å². The first-order valence-corrected chi connectivity index (χ1v) is 4.03. The van der Waals surface area contributed by atoms with Crippen LogP contribution in [0.3, 0.4) is 0 Å². The molecule has 0 spiro atoms. The van der Waals surface area contributed by atoms with Gasteiger partial charge in [-0.3, -0.25) is 4.98 Å². The van der Waals surface area contributed by atoms with Gasteiger partial charge < -0.3 is 4.74 Å². The third kappa shape index (κ3) is 3.13. The molecule has 15 heavy (non-hydrogen) atoms. The Labute approximate surface area is 85.8 Å². The van der Waals surface area contributed by atoms with Crippen molar-refractivity contribution in [2.24, 2.45) is 5.11 Å². The van der Waals surface area contributed by atoms with Crippen molar-refractivity contribution >= 4 is 12.0 Å². The van der Waals surface area contributed by atoms with E-state index in [0.29, 0.717) is 5.56 Å². The van der Waals surface area contributed by atoms with Gasteiger partial charge in [-0.15, -0.1) is 0 Å². The second kappa shape index (κ2) is 5.41. The molecular formula is C9H8N4O2. The first-order valence-electron chi connectivity index (χ1n) is 4.03. The number of methoxy groups -OCH3 is 1. The van der Waals surface area contributed by atoms with E-state index < -0.39 is 5.97 Å². The van der Waals surface area contributed by atoms with E-state index in [-0.39, 0.29) is 5.70 Å². The molecule has 0 saturated carbocycles. The molecule has 1 rings (SSSR count). The van der Waals surface area contributed by atoms with Crippen molar-refractivity contribution in [2.75, 3.05) is 7.11 Å². The predicted octanol–water partition coefficient (Wildman–Crippen LogP) is 1.91.